The van der Waals surface area contributed by atoms with Gasteiger partial charge in [-0.15, -0.1) is 0 Å². The number of hydrogen-bond acceptors (Lipinski definition) is 2. The minimum absolute atomic E-state index is 0.104. The highest BCUT2D eigenvalue weighted by molar-refractivity contribution is 5.78. The van der Waals surface area contributed by atoms with Crippen LogP contribution < -0.4 is 4.74 Å². The van der Waals surface area contributed by atoms with E-state index in [9.17, 15) is 4.79 Å². The summed E-state index contributed by atoms with van der Waals surface area (Å²) in [4.78, 5) is 13.8. The summed E-state index contributed by atoms with van der Waals surface area (Å²) in [5, 5.41) is 0. The van der Waals surface area contributed by atoms with Crippen molar-refractivity contribution in [2.24, 2.45) is 0 Å². The van der Waals surface area contributed by atoms with Crippen LogP contribution in [0.4, 0.5) is 0 Å². The Balaban J connectivity index is 1.99. The third-order valence-corrected chi connectivity index (χ3v) is 3.40. The molecule has 2 rings (SSSR count). The summed E-state index contributed by atoms with van der Waals surface area (Å²) in [5.74, 6) is 0.958. The lowest BCUT2D eigenvalue weighted by Gasteiger charge is -2.17. The summed E-state index contributed by atoms with van der Waals surface area (Å²) in [6.45, 7) is 8.04. The monoisotopic (exact) mass is 247 g/mol. The maximum absolute atomic E-state index is 11.9. The highest BCUT2D eigenvalue weighted by Crippen LogP contribution is 2.24. The maximum atomic E-state index is 11.9. The number of aryl methyl sites for hydroxylation is 3. The Bertz CT molecular complexity index is 425. The first-order chi connectivity index (χ1) is 8.58. The maximum Gasteiger partial charge on any atom is 0.260 e. The summed E-state index contributed by atoms with van der Waals surface area (Å²) in [6.07, 6.45) is 2.24. The molecule has 0 saturated carbocycles. The van der Waals surface area contributed by atoms with Crippen LogP contribution in [-0.2, 0) is 4.79 Å². The van der Waals surface area contributed by atoms with Crippen LogP contribution >= 0.6 is 0 Å². The quantitative estimate of drug-likeness (QED) is 0.821. The summed E-state index contributed by atoms with van der Waals surface area (Å²) in [7, 11) is 0. The molecule has 0 atom stereocenters. The fourth-order valence-electron chi connectivity index (χ4n) is 2.59. The van der Waals surface area contributed by atoms with Gasteiger partial charge in [-0.2, -0.15) is 0 Å². The molecule has 98 valence electrons. The molecular weight excluding hydrogens is 226 g/mol. The van der Waals surface area contributed by atoms with Gasteiger partial charge in [0.15, 0.2) is 6.61 Å². The van der Waals surface area contributed by atoms with Crippen molar-refractivity contribution in [3.05, 3.63) is 28.8 Å². The van der Waals surface area contributed by atoms with Crippen LogP contribution in [-0.4, -0.2) is 30.5 Å². The molecule has 18 heavy (non-hydrogen) atoms. The predicted molar refractivity (Wildman–Crippen MR) is 72.0 cm³/mol. The number of rotatable bonds is 3. The number of likely N-dealkylation sites (tertiary alicyclic amines) is 1. The highest BCUT2D eigenvalue weighted by Gasteiger charge is 2.18. The van der Waals surface area contributed by atoms with E-state index in [1.165, 1.54) is 5.56 Å². The van der Waals surface area contributed by atoms with Gasteiger partial charge in [0.25, 0.3) is 5.91 Å². The lowest BCUT2D eigenvalue weighted by atomic mass is 10.1. The first-order valence-electron chi connectivity index (χ1n) is 6.56. The molecule has 0 aliphatic carbocycles. The van der Waals surface area contributed by atoms with Gasteiger partial charge in [0.05, 0.1) is 0 Å². The molecule has 1 amide bonds. The van der Waals surface area contributed by atoms with Crippen LogP contribution in [0.15, 0.2) is 12.1 Å². The molecule has 1 saturated heterocycles. The van der Waals surface area contributed by atoms with E-state index in [1.807, 2.05) is 18.7 Å². The Morgan fingerprint density at radius 3 is 2.28 bits per heavy atom. The average Bonchev–Trinajstić information content (AvgIpc) is 2.80. The molecule has 0 N–H and O–H groups in total. The molecule has 1 aliphatic rings. The molecule has 0 unspecified atom stereocenters. The molecule has 3 nitrogen and oxygen atoms in total. The smallest absolute Gasteiger partial charge is 0.260 e. The summed E-state index contributed by atoms with van der Waals surface area (Å²) in [6, 6.07) is 4.17. The third kappa shape index (κ3) is 2.84. The second-order valence-electron chi connectivity index (χ2n) is 5.10. The summed E-state index contributed by atoms with van der Waals surface area (Å²) in [5.41, 5.74) is 3.42. The zero-order valence-corrected chi connectivity index (χ0v) is 11.5. The number of hydrogen-bond donors (Lipinski definition) is 0. The zero-order valence-electron chi connectivity index (χ0n) is 11.5. The molecule has 1 heterocycles. The van der Waals surface area contributed by atoms with Gasteiger partial charge >= 0.3 is 0 Å². The molecule has 1 aliphatic heterocycles. The van der Waals surface area contributed by atoms with Crippen molar-refractivity contribution in [1.82, 2.24) is 4.90 Å². The van der Waals surface area contributed by atoms with E-state index in [0.29, 0.717) is 0 Å². The van der Waals surface area contributed by atoms with Crippen LogP contribution in [0.5, 0.6) is 5.75 Å². The number of nitrogens with zero attached hydrogens (tertiary/aromatic N) is 1. The van der Waals surface area contributed by atoms with Gasteiger partial charge in [-0.1, -0.05) is 17.7 Å². The minimum atomic E-state index is 0.104. The zero-order chi connectivity index (χ0) is 13.1. The molecule has 3 heteroatoms. The average molecular weight is 247 g/mol. The molecule has 0 spiro atoms. The van der Waals surface area contributed by atoms with Gasteiger partial charge in [0, 0.05) is 13.1 Å². The second-order valence-corrected chi connectivity index (χ2v) is 5.10. The lowest BCUT2D eigenvalue weighted by Crippen LogP contribution is -2.32. The van der Waals surface area contributed by atoms with Crippen LogP contribution in [0.1, 0.15) is 29.5 Å². The minimum Gasteiger partial charge on any atom is -0.483 e. The van der Waals surface area contributed by atoms with Crippen molar-refractivity contribution in [3.63, 3.8) is 0 Å². The van der Waals surface area contributed by atoms with Gasteiger partial charge in [-0.3, -0.25) is 4.79 Å². The lowest BCUT2D eigenvalue weighted by molar-refractivity contribution is -0.132. The number of carbonyl (C=O) groups is 1. The van der Waals surface area contributed by atoms with Crippen LogP contribution in [0, 0.1) is 20.8 Å². The topological polar surface area (TPSA) is 29.5 Å². The summed E-state index contributed by atoms with van der Waals surface area (Å²) >= 11 is 0. The Kier molecular flexibility index (Phi) is 3.90. The molecule has 1 fully saturated rings. The van der Waals surface area contributed by atoms with E-state index in [0.717, 1.165) is 42.8 Å². The van der Waals surface area contributed by atoms with E-state index < -0.39 is 0 Å². The van der Waals surface area contributed by atoms with Crippen LogP contribution in [0.2, 0.25) is 0 Å². The fraction of sp³-hybridized carbons (Fsp3) is 0.533. The number of benzene rings is 1. The van der Waals surface area contributed by atoms with Crippen molar-refractivity contribution in [3.8, 4) is 5.75 Å². The van der Waals surface area contributed by atoms with Crippen molar-refractivity contribution >= 4 is 5.91 Å². The molecule has 1 aromatic rings. The molecule has 0 bridgehead atoms. The SMILES string of the molecule is Cc1cc(C)c(OCC(=O)N2CCCC2)c(C)c1. The summed E-state index contributed by atoms with van der Waals surface area (Å²) < 4.78 is 5.71. The Morgan fingerprint density at radius 2 is 1.72 bits per heavy atom. The van der Waals surface area contributed by atoms with Gasteiger partial charge in [0.1, 0.15) is 5.75 Å². The van der Waals surface area contributed by atoms with E-state index >= 15 is 0 Å². The fourth-order valence-corrected chi connectivity index (χ4v) is 2.59. The Morgan fingerprint density at radius 1 is 1.17 bits per heavy atom. The van der Waals surface area contributed by atoms with Crippen molar-refractivity contribution in [1.29, 1.82) is 0 Å². The van der Waals surface area contributed by atoms with Crippen LogP contribution in [0.3, 0.4) is 0 Å². The molecule has 1 aromatic carbocycles. The molecular formula is C15H21NO2. The van der Waals surface area contributed by atoms with Crippen molar-refractivity contribution in [2.45, 2.75) is 33.6 Å². The van der Waals surface area contributed by atoms with Crippen molar-refractivity contribution in [2.75, 3.05) is 19.7 Å². The van der Waals surface area contributed by atoms with E-state index in [-0.39, 0.29) is 12.5 Å². The van der Waals surface area contributed by atoms with Gasteiger partial charge in [-0.25, -0.2) is 0 Å². The second kappa shape index (κ2) is 5.42. The third-order valence-electron chi connectivity index (χ3n) is 3.40. The first kappa shape index (κ1) is 12.9. The highest BCUT2D eigenvalue weighted by atomic mass is 16.5. The van der Waals surface area contributed by atoms with E-state index in [1.54, 1.807) is 0 Å². The largest absolute Gasteiger partial charge is 0.483 e. The van der Waals surface area contributed by atoms with Crippen LogP contribution in [0.25, 0.3) is 0 Å². The molecule has 0 aromatic heterocycles. The predicted octanol–water partition coefficient (Wildman–Crippen LogP) is 2.61. The van der Waals surface area contributed by atoms with Gasteiger partial charge < -0.3 is 9.64 Å². The number of amides is 1. The van der Waals surface area contributed by atoms with Gasteiger partial charge in [-0.05, 0) is 44.7 Å². The standard InChI is InChI=1S/C15H21NO2/c1-11-8-12(2)15(13(3)9-11)18-10-14(17)16-6-4-5-7-16/h8-9H,4-7,10H2,1-3H3. The number of ether oxygens (including phenoxy) is 1. The molecule has 0 radical (unpaired) electrons. The number of carbonyl (C=O) groups excluding carboxylic acids is 1. The van der Waals surface area contributed by atoms with Crippen molar-refractivity contribution < 1.29 is 9.53 Å². The normalized spacial score (nSPS) is 14.9. The Hall–Kier alpha value is -1.51. The van der Waals surface area contributed by atoms with Gasteiger partial charge in [0.2, 0.25) is 0 Å². The van der Waals surface area contributed by atoms with E-state index in [2.05, 4.69) is 19.1 Å². The van der Waals surface area contributed by atoms with E-state index in [4.69, 9.17) is 4.74 Å². The first-order valence-corrected chi connectivity index (χ1v) is 6.56. The Labute approximate surface area is 109 Å².